The van der Waals surface area contributed by atoms with E-state index in [0.29, 0.717) is 30.8 Å². The van der Waals surface area contributed by atoms with Crippen LogP contribution in [-0.2, 0) is 0 Å². The number of aliphatic hydroxyl groups excluding tert-OH is 2. The molecule has 134 valence electrons. The molecule has 1 heterocycles. The number of hydrogen-bond donors (Lipinski definition) is 2. The zero-order valence-electron chi connectivity index (χ0n) is 14.4. The Bertz CT molecular complexity index is 567. The second-order valence-corrected chi connectivity index (χ2v) is 6.49. The number of hydrogen-bond acceptors (Lipinski definition) is 4. The monoisotopic (exact) mass is 338 g/mol. The van der Waals surface area contributed by atoms with Crippen LogP contribution in [0.2, 0.25) is 0 Å². The normalized spacial score (nSPS) is 20.8. The number of likely N-dealkylation sites (N-methyl/N-ethyl adjacent to an activating group) is 1. The summed E-state index contributed by atoms with van der Waals surface area (Å²) in [5.74, 6) is -0.258. The molecule has 0 radical (unpaired) electrons. The van der Waals surface area contributed by atoms with E-state index in [4.69, 9.17) is 5.11 Å². The molecule has 0 spiro atoms. The quantitative estimate of drug-likeness (QED) is 0.782. The van der Waals surface area contributed by atoms with E-state index >= 15 is 0 Å². The summed E-state index contributed by atoms with van der Waals surface area (Å²) in [6.07, 6.45) is 0. The Morgan fingerprint density at radius 3 is 2.62 bits per heavy atom. The van der Waals surface area contributed by atoms with Gasteiger partial charge in [-0.15, -0.1) is 0 Å². The molecule has 1 saturated heterocycles. The molecule has 1 amide bonds. The van der Waals surface area contributed by atoms with Gasteiger partial charge in [0.15, 0.2) is 0 Å². The molecule has 2 rings (SSSR count). The van der Waals surface area contributed by atoms with Crippen LogP contribution in [0.5, 0.6) is 0 Å². The minimum atomic E-state index is -0.348. The minimum Gasteiger partial charge on any atom is -0.396 e. The molecule has 0 aromatic heterocycles. The van der Waals surface area contributed by atoms with E-state index in [1.165, 1.54) is 18.2 Å². The van der Waals surface area contributed by atoms with Gasteiger partial charge in [0.2, 0.25) is 0 Å². The highest BCUT2D eigenvalue weighted by Gasteiger charge is 2.36. The van der Waals surface area contributed by atoms with Crippen LogP contribution >= 0.6 is 0 Å². The smallest absolute Gasteiger partial charge is 0.254 e. The van der Waals surface area contributed by atoms with Gasteiger partial charge in [-0.25, -0.2) is 4.39 Å². The van der Waals surface area contributed by atoms with Crippen LogP contribution in [0.1, 0.15) is 22.8 Å². The summed E-state index contributed by atoms with van der Waals surface area (Å²) in [5, 5.41) is 18.8. The average molecular weight is 338 g/mol. The molecule has 0 bridgehead atoms. The Balaban J connectivity index is 2.08. The number of likely N-dealkylation sites (tertiary alicyclic amines) is 1. The highest BCUT2D eigenvalue weighted by Crippen LogP contribution is 2.26. The molecule has 2 N–H and O–H groups in total. The zero-order chi connectivity index (χ0) is 17.7. The summed E-state index contributed by atoms with van der Waals surface area (Å²) in [5.41, 5.74) is 1.14. The third-order valence-corrected chi connectivity index (χ3v) is 4.87. The van der Waals surface area contributed by atoms with Gasteiger partial charge in [0, 0.05) is 44.3 Å². The van der Waals surface area contributed by atoms with Gasteiger partial charge in [-0.05, 0) is 43.1 Å². The largest absolute Gasteiger partial charge is 0.396 e. The first-order valence-corrected chi connectivity index (χ1v) is 8.49. The molecule has 0 aliphatic carbocycles. The molecular weight excluding hydrogens is 311 g/mol. The first kappa shape index (κ1) is 18.8. The van der Waals surface area contributed by atoms with Crippen LogP contribution in [0.25, 0.3) is 0 Å². The third-order valence-electron chi connectivity index (χ3n) is 4.87. The Hall–Kier alpha value is -1.50. The number of nitrogens with zero attached hydrogens (tertiary/aromatic N) is 2. The molecule has 1 fully saturated rings. The van der Waals surface area contributed by atoms with Crippen LogP contribution in [0, 0.1) is 24.6 Å². The number of halogens is 1. The predicted octanol–water partition coefficient (Wildman–Crippen LogP) is 1.13. The van der Waals surface area contributed by atoms with E-state index in [1.807, 2.05) is 6.92 Å². The first-order chi connectivity index (χ1) is 11.5. The van der Waals surface area contributed by atoms with E-state index in [-0.39, 0.29) is 36.8 Å². The van der Waals surface area contributed by atoms with Gasteiger partial charge in [-0.3, -0.25) is 4.79 Å². The summed E-state index contributed by atoms with van der Waals surface area (Å²) in [6.45, 7) is 7.13. The van der Waals surface area contributed by atoms with Crippen molar-refractivity contribution in [1.82, 2.24) is 9.80 Å². The van der Waals surface area contributed by atoms with E-state index in [1.54, 1.807) is 11.8 Å². The SMILES string of the molecule is CCN(CCO)C[C@@H]1CN(C(=O)c2ccc(F)cc2C)C[C@@H]1CO. The van der Waals surface area contributed by atoms with Crippen molar-refractivity contribution in [3.63, 3.8) is 0 Å². The third kappa shape index (κ3) is 4.32. The zero-order valence-corrected chi connectivity index (χ0v) is 14.4. The number of rotatable bonds is 7. The molecular formula is C18H27FN2O3. The fraction of sp³-hybridized carbons (Fsp3) is 0.611. The number of aliphatic hydroxyl groups is 2. The van der Waals surface area contributed by atoms with Crippen molar-refractivity contribution in [2.75, 3.05) is 45.9 Å². The van der Waals surface area contributed by atoms with Gasteiger partial charge in [0.1, 0.15) is 5.82 Å². The van der Waals surface area contributed by atoms with Crippen LogP contribution in [0.3, 0.4) is 0 Å². The van der Waals surface area contributed by atoms with Crippen LogP contribution in [-0.4, -0.2) is 71.9 Å². The maximum atomic E-state index is 13.2. The van der Waals surface area contributed by atoms with Crippen molar-refractivity contribution >= 4 is 5.91 Å². The molecule has 1 aromatic carbocycles. The Labute approximate surface area is 142 Å². The summed E-state index contributed by atoms with van der Waals surface area (Å²) in [4.78, 5) is 16.6. The Morgan fingerprint density at radius 2 is 2.04 bits per heavy atom. The van der Waals surface area contributed by atoms with Crippen molar-refractivity contribution in [2.45, 2.75) is 13.8 Å². The van der Waals surface area contributed by atoms with E-state index < -0.39 is 0 Å². The number of carbonyl (C=O) groups is 1. The van der Waals surface area contributed by atoms with Crippen LogP contribution in [0.15, 0.2) is 18.2 Å². The molecule has 1 aromatic rings. The van der Waals surface area contributed by atoms with Gasteiger partial charge in [-0.2, -0.15) is 0 Å². The van der Waals surface area contributed by atoms with Gasteiger partial charge >= 0.3 is 0 Å². The number of carbonyl (C=O) groups excluding carboxylic acids is 1. The molecule has 0 saturated carbocycles. The molecule has 1 aliphatic heterocycles. The van der Waals surface area contributed by atoms with Crippen LogP contribution < -0.4 is 0 Å². The molecule has 0 unspecified atom stereocenters. The van der Waals surface area contributed by atoms with Crippen molar-refractivity contribution in [3.05, 3.63) is 35.1 Å². The summed E-state index contributed by atoms with van der Waals surface area (Å²) in [7, 11) is 0. The van der Waals surface area contributed by atoms with Crippen molar-refractivity contribution in [2.24, 2.45) is 11.8 Å². The highest BCUT2D eigenvalue weighted by atomic mass is 19.1. The standard InChI is InChI=1S/C18H27FN2O3/c1-3-20(6-7-22)9-14-10-21(11-15(14)12-23)18(24)17-5-4-16(19)8-13(17)2/h4-5,8,14-15,22-23H,3,6-7,9-12H2,1-2H3/t14-,15-/m1/s1. The maximum absolute atomic E-state index is 13.2. The summed E-state index contributed by atoms with van der Waals surface area (Å²) in [6, 6.07) is 4.19. The fourth-order valence-electron chi connectivity index (χ4n) is 3.41. The lowest BCUT2D eigenvalue weighted by molar-refractivity contribution is 0.0777. The predicted molar refractivity (Wildman–Crippen MR) is 90.3 cm³/mol. The van der Waals surface area contributed by atoms with Crippen molar-refractivity contribution < 1.29 is 19.4 Å². The lowest BCUT2D eigenvalue weighted by Gasteiger charge is -2.25. The average Bonchev–Trinajstić information content (AvgIpc) is 2.96. The van der Waals surface area contributed by atoms with Gasteiger partial charge in [-0.1, -0.05) is 6.92 Å². The highest BCUT2D eigenvalue weighted by molar-refractivity contribution is 5.95. The van der Waals surface area contributed by atoms with E-state index in [2.05, 4.69) is 4.90 Å². The Kier molecular flexibility index (Phi) is 6.71. The fourth-order valence-corrected chi connectivity index (χ4v) is 3.41. The Morgan fingerprint density at radius 1 is 1.33 bits per heavy atom. The summed E-state index contributed by atoms with van der Waals surface area (Å²) >= 11 is 0. The number of amides is 1. The number of aryl methyl sites for hydroxylation is 1. The van der Waals surface area contributed by atoms with Crippen molar-refractivity contribution in [1.29, 1.82) is 0 Å². The molecule has 2 atom stereocenters. The van der Waals surface area contributed by atoms with E-state index in [0.717, 1.165) is 13.1 Å². The van der Waals surface area contributed by atoms with Crippen LogP contribution in [0.4, 0.5) is 4.39 Å². The first-order valence-electron chi connectivity index (χ1n) is 8.49. The van der Waals surface area contributed by atoms with Crippen molar-refractivity contribution in [3.8, 4) is 0 Å². The van der Waals surface area contributed by atoms with Gasteiger partial charge in [0.05, 0.1) is 6.61 Å². The molecule has 1 aliphatic rings. The second kappa shape index (κ2) is 8.55. The molecule has 24 heavy (non-hydrogen) atoms. The topological polar surface area (TPSA) is 64.0 Å². The lowest BCUT2D eigenvalue weighted by atomic mass is 9.96. The summed E-state index contributed by atoms with van der Waals surface area (Å²) < 4.78 is 13.2. The van der Waals surface area contributed by atoms with E-state index in [9.17, 15) is 14.3 Å². The lowest BCUT2D eigenvalue weighted by Crippen LogP contribution is -2.36. The number of benzene rings is 1. The minimum absolute atomic E-state index is 0.0300. The molecule has 5 nitrogen and oxygen atoms in total. The molecule has 6 heteroatoms. The second-order valence-electron chi connectivity index (χ2n) is 6.49. The van der Waals surface area contributed by atoms with Gasteiger partial charge < -0.3 is 20.0 Å². The van der Waals surface area contributed by atoms with Gasteiger partial charge in [0.25, 0.3) is 5.91 Å². The maximum Gasteiger partial charge on any atom is 0.254 e.